The number of likely N-dealkylation sites (tertiary alicyclic amines) is 1. The monoisotopic (exact) mass is 525 g/mol. The summed E-state index contributed by atoms with van der Waals surface area (Å²) in [5.74, 6) is -4.11. The zero-order valence-electron chi connectivity index (χ0n) is 18.2. The lowest BCUT2D eigenvalue weighted by Gasteiger charge is -2.46. The first kappa shape index (κ1) is 23.6. The van der Waals surface area contributed by atoms with Gasteiger partial charge in [-0.3, -0.25) is 34.9 Å². The van der Waals surface area contributed by atoms with Crippen LogP contribution in [0.15, 0.2) is 23.2 Å². The number of halogens is 2. The van der Waals surface area contributed by atoms with Crippen molar-refractivity contribution in [3.63, 3.8) is 0 Å². The minimum absolute atomic E-state index is 0.00584. The number of carbonyl (C=O) groups excluding carboxylic acids is 3. The minimum atomic E-state index is -2.65. The van der Waals surface area contributed by atoms with Gasteiger partial charge in [-0.05, 0) is 12.1 Å². The Hall–Kier alpha value is -3.13. The van der Waals surface area contributed by atoms with Crippen molar-refractivity contribution in [2.75, 3.05) is 13.1 Å². The van der Waals surface area contributed by atoms with Gasteiger partial charge in [-0.1, -0.05) is 29.3 Å². The Morgan fingerprint density at radius 3 is 2.63 bits per heavy atom. The van der Waals surface area contributed by atoms with Gasteiger partial charge in [0.15, 0.2) is 12.0 Å². The van der Waals surface area contributed by atoms with E-state index in [1.165, 1.54) is 23.1 Å². The Morgan fingerprint density at radius 1 is 1.26 bits per heavy atom. The number of nitrogens with two attached hydrogens (primary N) is 2. The largest absolute Gasteiger partial charge is 0.370 e. The minimum Gasteiger partial charge on any atom is -0.370 e. The Labute approximate surface area is 208 Å². The number of guanidine groups is 2. The van der Waals surface area contributed by atoms with Crippen LogP contribution in [0.3, 0.4) is 0 Å². The van der Waals surface area contributed by atoms with Crippen molar-refractivity contribution < 1.29 is 29.6 Å². The van der Waals surface area contributed by atoms with Crippen LogP contribution >= 0.6 is 23.2 Å². The molecule has 4 atom stereocenters. The molecule has 5 rings (SSSR count). The third-order valence-corrected chi connectivity index (χ3v) is 7.73. The Morgan fingerprint density at radius 2 is 1.94 bits per heavy atom. The lowest BCUT2D eigenvalue weighted by molar-refractivity contribution is -0.521. The lowest BCUT2D eigenvalue weighted by atomic mass is 9.84. The van der Waals surface area contributed by atoms with Gasteiger partial charge in [0.2, 0.25) is 17.6 Å². The first-order valence-corrected chi connectivity index (χ1v) is 11.5. The van der Waals surface area contributed by atoms with E-state index in [2.05, 4.69) is 20.6 Å². The average Bonchev–Trinajstić information content (AvgIpc) is 3.38. The third-order valence-electron chi connectivity index (χ3n) is 6.91. The van der Waals surface area contributed by atoms with Crippen molar-refractivity contribution in [3.05, 3.63) is 33.8 Å². The van der Waals surface area contributed by atoms with Crippen LogP contribution in [0.5, 0.6) is 0 Å². The second-order valence-electron chi connectivity index (χ2n) is 8.84. The lowest BCUT2D eigenvalue weighted by Crippen LogP contribution is -2.90. The average molecular weight is 526 g/mol. The van der Waals surface area contributed by atoms with Gasteiger partial charge in [-0.25, -0.2) is 10.3 Å². The van der Waals surface area contributed by atoms with Gasteiger partial charge in [0.25, 0.3) is 11.6 Å². The van der Waals surface area contributed by atoms with E-state index in [0.717, 1.165) is 4.90 Å². The number of aliphatic hydroxyl groups is 2. The number of hydrogen-bond acceptors (Lipinski definition) is 10. The molecule has 4 heterocycles. The fourth-order valence-corrected chi connectivity index (χ4v) is 5.64. The van der Waals surface area contributed by atoms with Gasteiger partial charge in [0, 0.05) is 12.8 Å². The van der Waals surface area contributed by atoms with Crippen LogP contribution < -0.4 is 27.1 Å². The standard InChI is InChI=1S/C20H22Cl2N8O5/c21-9-3-1-2-8(14(9)22)16(33)26-11-7-30-18(24)25-10(6-29-12(31)4-5-13(29)32)15-19(30,20(11,34)35)28-17(23)27-15/h1-3,10-11,15,34-35H,4-7H2,(H2,24,25)(H,26,33)(H3,23,27,28)/p+1/t10-,11-,15-,19-/m0/s1. The Kier molecular flexibility index (Phi) is 5.36. The molecular weight excluding hydrogens is 503 g/mol. The highest BCUT2D eigenvalue weighted by atomic mass is 35.5. The molecule has 0 unspecified atom stereocenters. The second-order valence-corrected chi connectivity index (χ2v) is 9.63. The molecule has 3 amide bonds. The number of aliphatic imine (C=N–C) groups is 1. The summed E-state index contributed by atoms with van der Waals surface area (Å²) >= 11 is 12.2. The van der Waals surface area contributed by atoms with Gasteiger partial charge in [-0.2, -0.15) is 0 Å². The number of nitrogens with zero attached hydrogens (tertiary/aromatic N) is 3. The van der Waals surface area contributed by atoms with E-state index in [1.54, 1.807) is 0 Å². The highest BCUT2D eigenvalue weighted by Gasteiger charge is 2.76. The van der Waals surface area contributed by atoms with Crippen LogP contribution in [0.4, 0.5) is 0 Å². The molecule has 2 fully saturated rings. The highest BCUT2D eigenvalue weighted by molar-refractivity contribution is 6.43. The molecule has 0 aliphatic carbocycles. The van der Waals surface area contributed by atoms with Gasteiger partial charge < -0.3 is 21.3 Å². The van der Waals surface area contributed by atoms with E-state index >= 15 is 0 Å². The number of hydrogen-bond donors (Lipinski definition) is 7. The van der Waals surface area contributed by atoms with E-state index in [4.69, 9.17) is 34.7 Å². The summed E-state index contributed by atoms with van der Waals surface area (Å²) in [5, 5.41) is 28.5. The maximum atomic E-state index is 13.0. The Balaban J connectivity index is 1.48. The van der Waals surface area contributed by atoms with Crippen LogP contribution in [0.25, 0.3) is 0 Å². The van der Waals surface area contributed by atoms with E-state index in [-0.39, 0.29) is 65.3 Å². The van der Waals surface area contributed by atoms with Crippen molar-refractivity contribution in [3.8, 4) is 0 Å². The second kappa shape index (κ2) is 7.95. The van der Waals surface area contributed by atoms with Crippen molar-refractivity contribution in [2.24, 2.45) is 16.5 Å². The van der Waals surface area contributed by atoms with E-state index in [1.807, 2.05) is 0 Å². The number of nitrogens with one attached hydrogen (secondary N) is 3. The molecule has 1 aromatic rings. The topological polar surface area (TPSA) is 201 Å². The first-order valence-electron chi connectivity index (χ1n) is 10.8. The number of imide groups is 1. The van der Waals surface area contributed by atoms with Crippen molar-refractivity contribution in [2.45, 2.75) is 42.4 Å². The molecule has 35 heavy (non-hydrogen) atoms. The molecule has 0 radical (unpaired) electrons. The van der Waals surface area contributed by atoms with Crippen molar-refractivity contribution in [1.82, 2.24) is 20.4 Å². The van der Waals surface area contributed by atoms with Crippen LogP contribution in [0, 0.1) is 0 Å². The summed E-state index contributed by atoms with van der Waals surface area (Å²) in [7, 11) is 0. The molecule has 1 aromatic carbocycles. The fraction of sp³-hybridized carbons (Fsp3) is 0.450. The first-order chi connectivity index (χ1) is 16.5. The summed E-state index contributed by atoms with van der Waals surface area (Å²) in [6.45, 7) is -0.287. The number of amides is 3. The summed E-state index contributed by atoms with van der Waals surface area (Å²) < 4.78 is 0. The quantitative estimate of drug-likeness (QED) is 0.151. The van der Waals surface area contributed by atoms with E-state index in [0.29, 0.717) is 0 Å². The summed E-state index contributed by atoms with van der Waals surface area (Å²) in [5.41, 5.74) is 10.5. The molecule has 9 N–H and O–H groups in total. The van der Waals surface area contributed by atoms with Gasteiger partial charge >= 0.3 is 5.96 Å². The normalized spacial score (nSPS) is 31.0. The molecule has 0 bridgehead atoms. The predicted molar refractivity (Wildman–Crippen MR) is 123 cm³/mol. The zero-order valence-corrected chi connectivity index (χ0v) is 19.7. The molecule has 4 aliphatic heterocycles. The van der Waals surface area contributed by atoms with E-state index < -0.39 is 35.5 Å². The Bertz CT molecular complexity index is 1190. The number of benzene rings is 1. The van der Waals surface area contributed by atoms with Gasteiger partial charge in [0.1, 0.15) is 12.1 Å². The molecule has 0 aromatic heterocycles. The smallest absolute Gasteiger partial charge is 0.343 e. The number of rotatable bonds is 4. The predicted octanol–water partition coefficient (Wildman–Crippen LogP) is -4.00. The summed E-state index contributed by atoms with van der Waals surface area (Å²) in [6, 6.07) is 1.43. The fourth-order valence-electron chi connectivity index (χ4n) is 5.25. The SMILES string of the molecule is NC1=N[C@@H](CN2C(=O)CCC2=O)[C@@H]2[NH+]=C(N)N[C@]23N1C[C@H](NC(=O)c1cccc(Cl)c1Cl)C3(O)O. The summed E-state index contributed by atoms with van der Waals surface area (Å²) in [6.07, 6.45) is 0.188. The van der Waals surface area contributed by atoms with Crippen LogP contribution in [-0.4, -0.2) is 92.3 Å². The molecule has 4 aliphatic rings. The zero-order chi connectivity index (χ0) is 25.3. The van der Waals surface area contributed by atoms with Crippen molar-refractivity contribution in [1.29, 1.82) is 0 Å². The van der Waals surface area contributed by atoms with Crippen LogP contribution in [0.1, 0.15) is 23.2 Å². The van der Waals surface area contributed by atoms with Crippen molar-refractivity contribution >= 4 is 52.8 Å². The molecule has 13 nitrogen and oxygen atoms in total. The molecule has 0 saturated carbocycles. The molecule has 186 valence electrons. The van der Waals surface area contributed by atoms with Crippen LogP contribution in [0.2, 0.25) is 10.0 Å². The van der Waals surface area contributed by atoms with Crippen LogP contribution in [-0.2, 0) is 9.59 Å². The van der Waals surface area contributed by atoms with Gasteiger partial charge in [-0.15, -0.1) is 0 Å². The molecule has 2 saturated heterocycles. The number of carbonyl (C=O) groups is 3. The third kappa shape index (κ3) is 3.33. The molecule has 15 heteroatoms. The molecule has 1 spiro atoms. The molecular formula is C20H23Cl2N8O5+. The summed E-state index contributed by atoms with van der Waals surface area (Å²) in [4.78, 5) is 47.2. The van der Waals surface area contributed by atoms with E-state index in [9.17, 15) is 24.6 Å². The maximum absolute atomic E-state index is 13.0. The highest BCUT2D eigenvalue weighted by Crippen LogP contribution is 2.41. The maximum Gasteiger partial charge on any atom is 0.343 e. The van der Waals surface area contributed by atoms with Gasteiger partial charge in [0.05, 0.1) is 28.7 Å².